The molecule has 1 unspecified atom stereocenters. The molecule has 0 aromatic rings. The summed E-state index contributed by atoms with van der Waals surface area (Å²) in [5.74, 6) is -0.107. The minimum Gasteiger partial charge on any atom is -0.356 e. The van der Waals surface area contributed by atoms with E-state index in [1.807, 2.05) is 0 Å². The highest BCUT2D eigenvalue weighted by atomic mass is 32.2. The van der Waals surface area contributed by atoms with Crippen molar-refractivity contribution in [3.8, 4) is 0 Å². The third-order valence-corrected chi connectivity index (χ3v) is 5.49. The Balaban J connectivity index is 2.38. The van der Waals surface area contributed by atoms with Gasteiger partial charge >= 0.3 is 0 Å². The topological polar surface area (TPSA) is 83.6 Å². The van der Waals surface area contributed by atoms with Crippen LogP contribution in [0.25, 0.3) is 0 Å². The number of rotatable bonds is 8. The molecule has 7 heteroatoms. The Bertz CT molecular complexity index is 462. The molecule has 21 heavy (non-hydrogen) atoms. The second-order valence-electron chi connectivity index (χ2n) is 5.58. The lowest BCUT2D eigenvalue weighted by Crippen LogP contribution is -2.42. The van der Waals surface area contributed by atoms with Crippen LogP contribution in [0.15, 0.2) is 0 Å². The molecule has 0 aliphatic carbocycles. The predicted molar refractivity (Wildman–Crippen MR) is 81.6 cm³/mol. The van der Waals surface area contributed by atoms with Crippen molar-refractivity contribution >= 4 is 21.7 Å². The van der Waals surface area contributed by atoms with Crippen molar-refractivity contribution in [3.05, 3.63) is 0 Å². The molecular formula is C14H26N2O4S. The van der Waals surface area contributed by atoms with Gasteiger partial charge in [-0.25, -0.2) is 8.42 Å². The van der Waals surface area contributed by atoms with Crippen LogP contribution in [0.5, 0.6) is 0 Å². The molecule has 1 atom stereocenters. The summed E-state index contributed by atoms with van der Waals surface area (Å²) in [7, 11) is -3.03. The van der Waals surface area contributed by atoms with E-state index in [-0.39, 0.29) is 42.3 Å². The Kier molecular flexibility index (Phi) is 7.14. The molecular weight excluding hydrogens is 292 g/mol. The maximum Gasteiger partial charge on any atom is 0.221 e. The van der Waals surface area contributed by atoms with Gasteiger partial charge < -0.3 is 10.2 Å². The summed E-state index contributed by atoms with van der Waals surface area (Å²) in [5.41, 5.74) is 0. The van der Waals surface area contributed by atoms with Gasteiger partial charge in [0.1, 0.15) is 0 Å². The molecule has 1 aliphatic heterocycles. The van der Waals surface area contributed by atoms with E-state index in [9.17, 15) is 18.0 Å². The largest absolute Gasteiger partial charge is 0.356 e. The molecule has 1 N–H and O–H groups in total. The zero-order valence-electron chi connectivity index (χ0n) is 12.9. The fraction of sp³-hybridized carbons (Fsp3) is 0.857. The molecule has 122 valence electrons. The lowest BCUT2D eigenvalue weighted by atomic mass is 10.2. The first-order chi connectivity index (χ1) is 9.85. The van der Waals surface area contributed by atoms with E-state index in [0.717, 1.165) is 19.3 Å². The highest BCUT2D eigenvalue weighted by molar-refractivity contribution is 7.91. The van der Waals surface area contributed by atoms with Gasteiger partial charge in [0, 0.05) is 32.5 Å². The summed E-state index contributed by atoms with van der Waals surface area (Å²) in [6.07, 6.45) is 3.84. The summed E-state index contributed by atoms with van der Waals surface area (Å²) < 4.78 is 23.0. The highest BCUT2D eigenvalue weighted by Gasteiger charge is 2.33. The fourth-order valence-corrected chi connectivity index (χ4v) is 4.26. The molecule has 0 bridgehead atoms. The molecule has 1 rings (SSSR count). The molecule has 1 aliphatic rings. The number of hydrogen-bond donors (Lipinski definition) is 1. The molecule has 2 amide bonds. The number of nitrogens with zero attached hydrogens (tertiary/aromatic N) is 1. The molecule has 1 saturated heterocycles. The Morgan fingerprint density at radius 1 is 1.29 bits per heavy atom. The second kappa shape index (κ2) is 8.36. The van der Waals surface area contributed by atoms with E-state index >= 15 is 0 Å². The summed E-state index contributed by atoms with van der Waals surface area (Å²) >= 11 is 0. The Hall–Kier alpha value is -1.11. The van der Waals surface area contributed by atoms with Crippen LogP contribution in [0, 0.1) is 0 Å². The molecule has 0 saturated carbocycles. The quantitative estimate of drug-likeness (QED) is 0.668. The predicted octanol–water partition coefficient (Wildman–Crippen LogP) is 0.719. The van der Waals surface area contributed by atoms with Crippen molar-refractivity contribution < 1.29 is 18.0 Å². The zero-order valence-corrected chi connectivity index (χ0v) is 13.7. The van der Waals surface area contributed by atoms with E-state index in [2.05, 4.69) is 12.2 Å². The van der Waals surface area contributed by atoms with Gasteiger partial charge in [-0.05, 0) is 12.8 Å². The first kappa shape index (κ1) is 17.9. The van der Waals surface area contributed by atoms with Gasteiger partial charge in [-0.15, -0.1) is 0 Å². The standard InChI is InChI=1S/C14H26N2O4S/c1-3-4-5-8-15-14(18)6-9-16(12(2)17)13-7-10-21(19,20)11-13/h13H,3-11H2,1-2H3,(H,15,18). The van der Waals surface area contributed by atoms with Gasteiger partial charge in [-0.1, -0.05) is 19.8 Å². The minimum atomic E-state index is -3.03. The van der Waals surface area contributed by atoms with Crippen LogP contribution < -0.4 is 5.32 Å². The van der Waals surface area contributed by atoms with E-state index in [1.54, 1.807) is 0 Å². The molecule has 6 nitrogen and oxygen atoms in total. The van der Waals surface area contributed by atoms with Crippen LogP contribution in [-0.2, 0) is 19.4 Å². The highest BCUT2D eigenvalue weighted by Crippen LogP contribution is 2.18. The van der Waals surface area contributed by atoms with Crippen LogP contribution in [-0.4, -0.2) is 55.8 Å². The maximum atomic E-state index is 11.7. The second-order valence-corrected chi connectivity index (χ2v) is 7.81. The van der Waals surface area contributed by atoms with Gasteiger partial charge in [0.15, 0.2) is 9.84 Å². The first-order valence-electron chi connectivity index (χ1n) is 7.60. The number of nitrogens with one attached hydrogen (secondary N) is 1. The van der Waals surface area contributed by atoms with Crippen LogP contribution in [0.2, 0.25) is 0 Å². The first-order valence-corrected chi connectivity index (χ1v) is 9.42. The SMILES string of the molecule is CCCCCNC(=O)CCN(C(C)=O)C1CCS(=O)(=O)C1. The van der Waals surface area contributed by atoms with Crippen LogP contribution >= 0.6 is 0 Å². The van der Waals surface area contributed by atoms with E-state index in [0.29, 0.717) is 13.0 Å². The summed E-state index contributed by atoms with van der Waals surface area (Å²) in [6, 6.07) is -0.277. The van der Waals surface area contributed by atoms with Crippen LogP contribution in [0.4, 0.5) is 0 Å². The van der Waals surface area contributed by atoms with Crippen LogP contribution in [0.3, 0.4) is 0 Å². The van der Waals surface area contributed by atoms with E-state index in [4.69, 9.17) is 0 Å². The molecule has 0 aromatic heterocycles. The number of hydrogen-bond acceptors (Lipinski definition) is 4. The summed E-state index contributed by atoms with van der Waals surface area (Å²) in [5, 5.41) is 2.82. The van der Waals surface area contributed by atoms with Gasteiger partial charge in [0.25, 0.3) is 0 Å². The summed E-state index contributed by atoms with van der Waals surface area (Å²) in [6.45, 7) is 4.46. The van der Waals surface area contributed by atoms with Crippen molar-refractivity contribution in [1.29, 1.82) is 0 Å². The normalized spacial score (nSPS) is 20.2. The fourth-order valence-electron chi connectivity index (χ4n) is 2.53. The molecule has 0 spiro atoms. The Morgan fingerprint density at radius 3 is 2.52 bits per heavy atom. The van der Waals surface area contributed by atoms with Crippen molar-refractivity contribution in [2.24, 2.45) is 0 Å². The van der Waals surface area contributed by atoms with Gasteiger partial charge in [-0.3, -0.25) is 9.59 Å². The van der Waals surface area contributed by atoms with Crippen molar-refractivity contribution in [1.82, 2.24) is 10.2 Å². The lowest BCUT2D eigenvalue weighted by Gasteiger charge is -2.26. The van der Waals surface area contributed by atoms with E-state index < -0.39 is 9.84 Å². The number of amides is 2. The molecule has 0 radical (unpaired) electrons. The third-order valence-electron chi connectivity index (χ3n) is 3.74. The van der Waals surface area contributed by atoms with Crippen molar-refractivity contribution in [3.63, 3.8) is 0 Å². The average molecular weight is 318 g/mol. The van der Waals surface area contributed by atoms with Gasteiger partial charge in [-0.2, -0.15) is 0 Å². The number of carbonyl (C=O) groups excluding carboxylic acids is 2. The average Bonchev–Trinajstić information content (AvgIpc) is 2.75. The molecule has 1 fully saturated rings. The lowest BCUT2D eigenvalue weighted by molar-refractivity contribution is -0.131. The Morgan fingerprint density at radius 2 is 2.00 bits per heavy atom. The van der Waals surface area contributed by atoms with Crippen molar-refractivity contribution in [2.45, 2.75) is 52.0 Å². The number of unbranched alkanes of at least 4 members (excludes halogenated alkanes) is 2. The summed E-state index contributed by atoms with van der Waals surface area (Å²) in [4.78, 5) is 24.9. The monoisotopic (exact) mass is 318 g/mol. The van der Waals surface area contributed by atoms with E-state index in [1.165, 1.54) is 11.8 Å². The Labute approximate surface area is 127 Å². The smallest absolute Gasteiger partial charge is 0.221 e. The molecule has 1 heterocycles. The van der Waals surface area contributed by atoms with Crippen molar-refractivity contribution in [2.75, 3.05) is 24.6 Å². The maximum absolute atomic E-state index is 11.7. The minimum absolute atomic E-state index is 0.0186. The van der Waals surface area contributed by atoms with Crippen LogP contribution in [0.1, 0.15) is 46.0 Å². The number of carbonyl (C=O) groups is 2. The zero-order chi connectivity index (χ0) is 15.9. The molecule has 0 aromatic carbocycles. The third kappa shape index (κ3) is 6.46. The van der Waals surface area contributed by atoms with Gasteiger partial charge in [0.05, 0.1) is 11.5 Å². The van der Waals surface area contributed by atoms with Gasteiger partial charge in [0.2, 0.25) is 11.8 Å². The number of sulfone groups is 1.